The maximum atomic E-state index is 13.1. The van der Waals surface area contributed by atoms with Gasteiger partial charge in [-0.3, -0.25) is 10.1 Å². The Morgan fingerprint density at radius 1 is 1.50 bits per heavy atom. The van der Waals surface area contributed by atoms with E-state index in [1.807, 2.05) is 0 Å². The molecule has 0 aliphatic carbocycles. The Kier molecular flexibility index (Phi) is 4.27. The topological polar surface area (TPSA) is 92.6 Å². The second-order valence-electron chi connectivity index (χ2n) is 3.31. The molecular weight excluding hydrogens is 230 g/mol. The molecule has 0 aliphatic heterocycles. The van der Waals surface area contributed by atoms with Crippen LogP contribution in [0.4, 0.5) is 8.78 Å². The van der Waals surface area contributed by atoms with Gasteiger partial charge >= 0.3 is 17.7 Å². The summed E-state index contributed by atoms with van der Waals surface area (Å²) in [4.78, 5) is 19.9. The van der Waals surface area contributed by atoms with Crippen LogP contribution in [0.5, 0.6) is 0 Å². The first-order chi connectivity index (χ1) is 7.08. The number of halogens is 2. The number of rotatable bonds is 5. The molecule has 16 heavy (non-hydrogen) atoms. The molecule has 0 spiro atoms. The summed E-state index contributed by atoms with van der Waals surface area (Å²) in [5, 5.41) is 20.3. The summed E-state index contributed by atoms with van der Waals surface area (Å²) in [5.41, 5.74) is -2.63. The van der Waals surface area contributed by atoms with Crippen LogP contribution in [-0.4, -0.2) is 34.3 Å². The van der Waals surface area contributed by atoms with Crippen molar-refractivity contribution in [3.05, 3.63) is 10.1 Å². The van der Waals surface area contributed by atoms with Crippen LogP contribution in [0.2, 0.25) is 0 Å². The number of nitro groups is 1. The van der Waals surface area contributed by atoms with Crippen LogP contribution in [0.1, 0.15) is 20.8 Å². The summed E-state index contributed by atoms with van der Waals surface area (Å²) in [6, 6.07) is -4.59. The molecule has 0 rings (SSSR count). The molecule has 0 atom stereocenters. The largest absolute Gasteiger partial charge is 0.460 e. The summed E-state index contributed by atoms with van der Waals surface area (Å²) in [5.74, 6) is -2.11. The van der Waals surface area contributed by atoms with Gasteiger partial charge in [0.25, 0.3) is 0 Å². The van der Waals surface area contributed by atoms with Crippen molar-refractivity contribution in [2.45, 2.75) is 32.5 Å². The van der Waals surface area contributed by atoms with Gasteiger partial charge in [0.05, 0.1) is 6.61 Å². The van der Waals surface area contributed by atoms with Gasteiger partial charge in [-0.1, -0.05) is 0 Å². The summed E-state index contributed by atoms with van der Waals surface area (Å²) in [6.07, 6.45) is 0. The Hall–Kier alpha value is -1.35. The Balaban J connectivity index is 5.02. The van der Waals surface area contributed by atoms with Crippen LogP contribution < -0.4 is 0 Å². The molecule has 0 N–H and O–H groups in total. The van der Waals surface area contributed by atoms with Crippen LogP contribution in [0, 0.1) is 10.1 Å². The minimum absolute atomic E-state index is 0.360. The molecule has 0 aromatic heterocycles. The minimum Gasteiger partial charge on any atom is -0.460 e. The smallest absolute Gasteiger partial charge is 0.431 e. The van der Waals surface area contributed by atoms with Gasteiger partial charge in [-0.25, -0.2) is 4.79 Å². The summed E-state index contributed by atoms with van der Waals surface area (Å²) < 4.78 is 30.1. The Labute approximate surface area is 89.7 Å². The van der Waals surface area contributed by atoms with Gasteiger partial charge in [-0.2, -0.15) is 8.78 Å². The van der Waals surface area contributed by atoms with Gasteiger partial charge in [0.15, 0.2) is 0 Å². The first-order valence-electron chi connectivity index (χ1n) is 4.25. The van der Waals surface area contributed by atoms with Gasteiger partial charge < -0.3 is 4.74 Å². The maximum Gasteiger partial charge on any atom is 0.431 e. The zero-order valence-electron chi connectivity index (χ0n) is 8.90. The van der Waals surface area contributed by atoms with Gasteiger partial charge in [-0.05, 0) is 12.0 Å². The van der Waals surface area contributed by atoms with E-state index in [9.17, 15) is 28.9 Å². The molecule has 0 saturated heterocycles. The van der Waals surface area contributed by atoms with E-state index in [0.29, 0.717) is 13.8 Å². The molecule has 93 valence electrons. The fourth-order valence-corrected chi connectivity index (χ4v) is 0.719. The third-order valence-corrected chi connectivity index (χ3v) is 1.72. The SMILES string of the molecule is CCOC(=O)C(F)(F)N([O])C(C)(C)[N+](=O)[O-]. The predicted molar refractivity (Wildman–Crippen MR) is 45.2 cm³/mol. The molecule has 0 bridgehead atoms. The standard InChI is InChI=1S/C7H11F2N2O5/c1-4-16-5(12)7(8,9)10(13)6(2,3)11(14)15/h4H2,1-3H3. The Morgan fingerprint density at radius 2 is 1.94 bits per heavy atom. The molecule has 0 aromatic rings. The second kappa shape index (κ2) is 4.66. The fraction of sp³-hybridized carbons (Fsp3) is 0.857. The quantitative estimate of drug-likeness (QED) is 0.233. The van der Waals surface area contributed by atoms with Crippen molar-refractivity contribution in [1.29, 1.82) is 0 Å². The molecule has 0 aromatic carbocycles. The molecule has 0 aliphatic rings. The lowest BCUT2D eigenvalue weighted by Gasteiger charge is -2.27. The fourth-order valence-electron chi connectivity index (χ4n) is 0.719. The zero-order chi connectivity index (χ0) is 13.1. The molecule has 0 amide bonds. The molecule has 0 heterocycles. The lowest BCUT2D eigenvalue weighted by Crippen LogP contribution is -2.59. The first kappa shape index (κ1) is 14.6. The summed E-state index contributed by atoms with van der Waals surface area (Å²) in [7, 11) is 0. The lowest BCUT2D eigenvalue weighted by atomic mass is 10.2. The van der Waals surface area contributed by atoms with Crippen molar-refractivity contribution >= 4 is 5.97 Å². The van der Waals surface area contributed by atoms with E-state index in [4.69, 9.17) is 0 Å². The molecule has 1 radical (unpaired) electrons. The van der Waals surface area contributed by atoms with Crippen LogP contribution in [-0.2, 0) is 14.7 Å². The van der Waals surface area contributed by atoms with Gasteiger partial charge in [-0.15, -0.1) is 5.21 Å². The highest BCUT2D eigenvalue weighted by Crippen LogP contribution is 2.28. The number of ether oxygens (including phenoxy) is 1. The highest BCUT2D eigenvalue weighted by Gasteiger charge is 2.59. The molecule has 9 heteroatoms. The monoisotopic (exact) mass is 241 g/mol. The number of carbonyl (C=O) groups is 1. The zero-order valence-corrected chi connectivity index (χ0v) is 8.90. The van der Waals surface area contributed by atoms with Gasteiger partial charge in [0.2, 0.25) is 0 Å². The number of hydrogen-bond acceptors (Lipinski definition) is 5. The average Bonchev–Trinajstić information content (AvgIpc) is 2.16. The normalized spacial score (nSPS) is 12.7. The van der Waals surface area contributed by atoms with Crippen molar-refractivity contribution < 1.29 is 28.4 Å². The van der Waals surface area contributed by atoms with Crippen LogP contribution in [0.15, 0.2) is 0 Å². The number of esters is 1. The molecule has 0 saturated carbocycles. The number of nitrogens with zero attached hydrogens (tertiary/aromatic N) is 2. The first-order valence-corrected chi connectivity index (χ1v) is 4.25. The van der Waals surface area contributed by atoms with Crippen LogP contribution in [0.3, 0.4) is 0 Å². The van der Waals surface area contributed by atoms with Gasteiger partial charge in [0, 0.05) is 18.8 Å². The lowest BCUT2D eigenvalue weighted by molar-refractivity contribution is -0.637. The molecule has 0 fully saturated rings. The van der Waals surface area contributed by atoms with Crippen molar-refractivity contribution in [3.8, 4) is 0 Å². The number of hydrogen-bond donors (Lipinski definition) is 0. The summed E-state index contributed by atoms with van der Waals surface area (Å²) in [6.45, 7) is 2.23. The van der Waals surface area contributed by atoms with Crippen molar-refractivity contribution in [2.24, 2.45) is 0 Å². The third kappa shape index (κ3) is 2.61. The molecular formula is C7H11F2N2O5. The van der Waals surface area contributed by atoms with E-state index >= 15 is 0 Å². The van der Waals surface area contributed by atoms with E-state index in [1.165, 1.54) is 6.92 Å². The van der Waals surface area contributed by atoms with E-state index in [-0.39, 0.29) is 6.61 Å². The highest BCUT2D eigenvalue weighted by atomic mass is 19.3. The summed E-state index contributed by atoms with van der Waals surface area (Å²) >= 11 is 0. The van der Waals surface area contributed by atoms with Crippen molar-refractivity contribution in [2.75, 3.05) is 6.61 Å². The Morgan fingerprint density at radius 3 is 2.25 bits per heavy atom. The second-order valence-corrected chi connectivity index (χ2v) is 3.31. The number of carbonyl (C=O) groups excluding carboxylic acids is 1. The maximum absolute atomic E-state index is 13.1. The highest BCUT2D eigenvalue weighted by molar-refractivity contribution is 5.76. The van der Waals surface area contributed by atoms with Crippen molar-refractivity contribution in [3.63, 3.8) is 0 Å². The number of alkyl halides is 2. The average molecular weight is 241 g/mol. The molecule has 0 unspecified atom stereocenters. The van der Waals surface area contributed by atoms with E-state index in [2.05, 4.69) is 4.74 Å². The van der Waals surface area contributed by atoms with E-state index < -0.39 is 27.7 Å². The van der Waals surface area contributed by atoms with E-state index in [1.54, 1.807) is 0 Å². The van der Waals surface area contributed by atoms with Crippen LogP contribution in [0.25, 0.3) is 0 Å². The van der Waals surface area contributed by atoms with Gasteiger partial charge in [0.1, 0.15) is 0 Å². The third-order valence-electron chi connectivity index (χ3n) is 1.72. The minimum atomic E-state index is -4.59. The van der Waals surface area contributed by atoms with E-state index in [0.717, 1.165) is 0 Å². The predicted octanol–water partition coefficient (Wildman–Crippen LogP) is 0.803. The number of hydroxylamine groups is 2. The van der Waals surface area contributed by atoms with Crippen molar-refractivity contribution in [1.82, 2.24) is 5.06 Å². The Bertz CT molecular complexity index is 295. The van der Waals surface area contributed by atoms with Crippen LogP contribution >= 0.6 is 0 Å². The molecule has 7 nitrogen and oxygen atoms in total.